The zero-order valence-electron chi connectivity index (χ0n) is 10.8. The van der Waals surface area contributed by atoms with Crippen LogP contribution >= 0.6 is 0 Å². The molecule has 4 heteroatoms. The number of ether oxygens (including phenoxy) is 1. The summed E-state index contributed by atoms with van der Waals surface area (Å²) >= 11 is 0. The summed E-state index contributed by atoms with van der Waals surface area (Å²) in [5.41, 5.74) is 6.95. The smallest absolute Gasteiger partial charge is 0.229 e. The second kappa shape index (κ2) is 6.93. The molecule has 1 aromatic carbocycles. The van der Waals surface area contributed by atoms with E-state index < -0.39 is 0 Å². The van der Waals surface area contributed by atoms with Gasteiger partial charge in [-0.3, -0.25) is 4.79 Å². The number of hydrogen-bond donors (Lipinski definition) is 2. The Balaban J connectivity index is 1.99. The number of carbonyl (C=O) groups is 1. The van der Waals surface area contributed by atoms with Crippen LogP contribution in [-0.2, 0) is 9.53 Å². The Hall–Kier alpha value is -1.83. The highest BCUT2D eigenvalue weighted by atomic mass is 16.5. The van der Waals surface area contributed by atoms with Crippen molar-refractivity contribution < 1.29 is 9.53 Å². The van der Waals surface area contributed by atoms with Gasteiger partial charge >= 0.3 is 0 Å². The molecule has 4 nitrogen and oxygen atoms in total. The minimum Gasteiger partial charge on any atom is -0.381 e. The molecule has 1 aliphatic heterocycles. The van der Waals surface area contributed by atoms with Gasteiger partial charge in [-0.25, -0.2) is 0 Å². The number of hydrogen-bond acceptors (Lipinski definition) is 3. The molecule has 0 aromatic heterocycles. The Morgan fingerprint density at radius 1 is 1.53 bits per heavy atom. The first kappa shape index (κ1) is 13.6. The third-order valence-electron chi connectivity index (χ3n) is 3.00. The van der Waals surface area contributed by atoms with Crippen molar-refractivity contribution in [2.75, 3.05) is 25.1 Å². The largest absolute Gasteiger partial charge is 0.381 e. The number of amides is 1. The highest BCUT2D eigenvalue weighted by molar-refractivity contribution is 5.92. The average Bonchev–Trinajstić information content (AvgIpc) is 2.46. The predicted octanol–water partition coefficient (Wildman–Crippen LogP) is 1.36. The summed E-state index contributed by atoms with van der Waals surface area (Å²) < 4.78 is 5.32. The summed E-state index contributed by atoms with van der Waals surface area (Å²) in [6, 6.07) is 7.47. The molecule has 1 amide bonds. The molecule has 100 valence electrons. The van der Waals surface area contributed by atoms with E-state index in [2.05, 4.69) is 17.2 Å². The van der Waals surface area contributed by atoms with Crippen molar-refractivity contribution in [1.82, 2.24) is 0 Å². The topological polar surface area (TPSA) is 64.3 Å². The van der Waals surface area contributed by atoms with Crippen molar-refractivity contribution in [3.05, 3.63) is 29.8 Å². The summed E-state index contributed by atoms with van der Waals surface area (Å²) in [5.74, 6) is 5.71. The monoisotopic (exact) mass is 258 g/mol. The fourth-order valence-corrected chi connectivity index (χ4v) is 2.02. The number of nitrogens with one attached hydrogen (secondary N) is 1. The van der Waals surface area contributed by atoms with Gasteiger partial charge in [0.25, 0.3) is 0 Å². The Kier molecular flexibility index (Phi) is 4.96. The SMILES string of the molecule is NCC#Cc1cccc(NC(=O)C2CCCOC2)c1. The van der Waals surface area contributed by atoms with E-state index in [1.165, 1.54) is 0 Å². The van der Waals surface area contributed by atoms with E-state index >= 15 is 0 Å². The average molecular weight is 258 g/mol. The molecule has 2 rings (SSSR count). The van der Waals surface area contributed by atoms with Gasteiger partial charge in [0.2, 0.25) is 5.91 Å². The van der Waals surface area contributed by atoms with Gasteiger partial charge in [0, 0.05) is 17.9 Å². The van der Waals surface area contributed by atoms with E-state index in [1.54, 1.807) is 0 Å². The van der Waals surface area contributed by atoms with Crippen LogP contribution in [0.4, 0.5) is 5.69 Å². The van der Waals surface area contributed by atoms with E-state index in [0.29, 0.717) is 13.2 Å². The second-order valence-electron chi connectivity index (χ2n) is 4.49. The van der Waals surface area contributed by atoms with Crippen LogP contribution in [0.15, 0.2) is 24.3 Å². The summed E-state index contributed by atoms with van der Waals surface area (Å²) in [6.07, 6.45) is 1.83. The molecule has 0 bridgehead atoms. The molecule has 0 saturated carbocycles. The van der Waals surface area contributed by atoms with Crippen molar-refractivity contribution in [2.45, 2.75) is 12.8 Å². The molecular weight excluding hydrogens is 240 g/mol. The van der Waals surface area contributed by atoms with Crippen LogP contribution < -0.4 is 11.1 Å². The highest BCUT2D eigenvalue weighted by Crippen LogP contribution is 2.17. The Labute approximate surface area is 113 Å². The summed E-state index contributed by atoms with van der Waals surface area (Å²) in [5, 5.41) is 2.91. The highest BCUT2D eigenvalue weighted by Gasteiger charge is 2.21. The predicted molar refractivity (Wildman–Crippen MR) is 74.5 cm³/mol. The van der Waals surface area contributed by atoms with Crippen LogP contribution in [0.3, 0.4) is 0 Å². The van der Waals surface area contributed by atoms with Crippen LogP contribution in [0.2, 0.25) is 0 Å². The van der Waals surface area contributed by atoms with Gasteiger partial charge in [0.15, 0.2) is 0 Å². The molecule has 3 N–H and O–H groups in total. The molecule has 1 fully saturated rings. The summed E-state index contributed by atoms with van der Waals surface area (Å²) in [4.78, 5) is 12.0. The first-order chi connectivity index (χ1) is 9.29. The minimum atomic E-state index is -0.0486. The number of nitrogens with two attached hydrogens (primary N) is 1. The van der Waals surface area contributed by atoms with Gasteiger partial charge in [-0.05, 0) is 31.0 Å². The molecule has 1 atom stereocenters. The molecule has 0 aliphatic carbocycles. The molecule has 1 saturated heterocycles. The lowest BCUT2D eigenvalue weighted by Crippen LogP contribution is -2.30. The van der Waals surface area contributed by atoms with Crippen LogP contribution in [0.25, 0.3) is 0 Å². The Bertz CT molecular complexity index is 496. The fraction of sp³-hybridized carbons (Fsp3) is 0.400. The lowest BCUT2D eigenvalue weighted by atomic mass is 10.0. The Morgan fingerprint density at radius 3 is 3.16 bits per heavy atom. The number of rotatable bonds is 2. The lowest BCUT2D eigenvalue weighted by molar-refractivity contribution is -0.123. The van der Waals surface area contributed by atoms with Crippen LogP contribution in [0, 0.1) is 17.8 Å². The number of benzene rings is 1. The lowest BCUT2D eigenvalue weighted by Gasteiger charge is -2.21. The van der Waals surface area contributed by atoms with Gasteiger partial charge < -0.3 is 15.8 Å². The summed E-state index contributed by atoms with van der Waals surface area (Å²) in [7, 11) is 0. The molecule has 0 spiro atoms. The van der Waals surface area contributed by atoms with Gasteiger partial charge in [0.05, 0.1) is 19.1 Å². The molecule has 1 aliphatic rings. The van der Waals surface area contributed by atoms with Crippen LogP contribution in [0.1, 0.15) is 18.4 Å². The Morgan fingerprint density at radius 2 is 2.42 bits per heavy atom. The van der Waals surface area contributed by atoms with Crippen molar-refractivity contribution >= 4 is 11.6 Å². The quantitative estimate of drug-likeness (QED) is 0.787. The number of anilines is 1. The van der Waals surface area contributed by atoms with E-state index in [4.69, 9.17) is 10.5 Å². The summed E-state index contributed by atoms with van der Waals surface area (Å²) in [6.45, 7) is 1.60. The first-order valence-electron chi connectivity index (χ1n) is 6.47. The fourth-order valence-electron chi connectivity index (χ4n) is 2.02. The van der Waals surface area contributed by atoms with Gasteiger partial charge in [-0.2, -0.15) is 0 Å². The molecule has 1 heterocycles. The second-order valence-corrected chi connectivity index (χ2v) is 4.49. The van der Waals surface area contributed by atoms with Crippen molar-refractivity contribution in [2.24, 2.45) is 11.7 Å². The number of carbonyl (C=O) groups excluding carboxylic acids is 1. The van der Waals surface area contributed by atoms with Crippen molar-refractivity contribution in [1.29, 1.82) is 0 Å². The molecule has 1 unspecified atom stereocenters. The van der Waals surface area contributed by atoms with Crippen molar-refractivity contribution in [3.8, 4) is 11.8 Å². The van der Waals surface area contributed by atoms with E-state index in [0.717, 1.165) is 30.7 Å². The molecule has 0 radical (unpaired) electrons. The van der Waals surface area contributed by atoms with Crippen LogP contribution in [-0.4, -0.2) is 25.7 Å². The van der Waals surface area contributed by atoms with Gasteiger partial charge in [-0.15, -0.1) is 0 Å². The first-order valence-corrected chi connectivity index (χ1v) is 6.47. The third kappa shape index (κ3) is 4.09. The maximum Gasteiger partial charge on any atom is 0.229 e. The third-order valence-corrected chi connectivity index (χ3v) is 3.00. The van der Waals surface area contributed by atoms with Gasteiger partial charge in [-0.1, -0.05) is 17.9 Å². The van der Waals surface area contributed by atoms with E-state index in [9.17, 15) is 4.79 Å². The zero-order valence-corrected chi connectivity index (χ0v) is 10.8. The van der Waals surface area contributed by atoms with Crippen molar-refractivity contribution in [3.63, 3.8) is 0 Å². The van der Waals surface area contributed by atoms with Crippen LogP contribution in [0.5, 0.6) is 0 Å². The van der Waals surface area contributed by atoms with Gasteiger partial charge in [0.1, 0.15) is 0 Å². The van der Waals surface area contributed by atoms with E-state index in [1.807, 2.05) is 24.3 Å². The molecule has 19 heavy (non-hydrogen) atoms. The minimum absolute atomic E-state index is 0.0173. The normalized spacial score (nSPS) is 18.3. The molecular formula is C15H18N2O2. The molecule has 1 aromatic rings. The van der Waals surface area contributed by atoms with E-state index in [-0.39, 0.29) is 11.8 Å². The maximum atomic E-state index is 12.0. The maximum absolute atomic E-state index is 12.0. The zero-order chi connectivity index (χ0) is 13.5. The standard InChI is InChI=1S/C15H18N2O2/c16-8-2-5-12-4-1-7-14(10-12)17-15(18)13-6-3-9-19-11-13/h1,4,7,10,13H,3,6,8-9,11,16H2,(H,17,18).